The standard InChI is InChI=1S/C12H13NO2/c13-11-5-3-10(4-6-11)8-14-9-12-2-1-7-15-12/h1-7H,8-9,13H2. The zero-order valence-electron chi connectivity index (χ0n) is 8.35. The van der Waals surface area contributed by atoms with Crippen molar-refractivity contribution >= 4 is 5.69 Å². The highest BCUT2D eigenvalue weighted by Gasteiger charge is 1.96. The third kappa shape index (κ3) is 2.86. The van der Waals surface area contributed by atoms with Crippen LogP contribution in [0.2, 0.25) is 0 Å². The van der Waals surface area contributed by atoms with Gasteiger partial charge in [-0.05, 0) is 29.8 Å². The molecule has 1 aromatic heterocycles. The summed E-state index contributed by atoms with van der Waals surface area (Å²) in [5.41, 5.74) is 7.45. The minimum Gasteiger partial charge on any atom is -0.467 e. The fourth-order valence-corrected chi connectivity index (χ4v) is 1.28. The van der Waals surface area contributed by atoms with Crippen molar-refractivity contribution < 1.29 is 9.15 Å². The molecule has 0 saturated carbocycles. The van der Waals surface area contributed by atoms with Crippen LogP contribution in [-0.4, -0.2) is 0 Å². The number of ether oxygens (including phenoxy) is 1. The third-order valence-electron chi connectivity index (χ3n) is 2.07. The summed E-state index contributed by atoms with van der Waals surface area (Å²) in [4.78, 5) is 0. The van der Waals surface area contributed by atoms with Crippen LogP contribution in [0.25, 0.3) is 0 Å². The average Bonchev–Trinajstić information content (AvgIpc) is 2.74. The average molecular weight is 203 g/mol. The van der Waals surface area contributed by atoms with Gasteiger partial charge in [-0.1, -0.05) is 12.1 Å². The van der Waals surface area contributed by atoms with Crippen LogP contribution in [0.4, 0.5) is 5.69 Å². The van der Waals surface area contributed by atoms with E-state index in [2.05, 4.69) is 0 Å². The number of furan rings is 1. The molecule has 1 heterocycles. The molecule has 0 saturated heterocycles. The number of hydrogen-bond donors (Lipinski definition) is 1. The van der Waals surface area contributed by atoms with E-state index in [9.17, 15) is 0 Å². The summed E-state index contributed by atoms with van der Waals surface area (Å²) in [5, 5.41) is 0. The van der Waals surface area contributed by atoms with Gasteiger partial charge in [0, 0.05) is 5.69 Å². The van der Waals surface area contributed by atoms with Crippen molar-refractivity contribution in [1.82, 2.24) is 0 Å². The van der Waals surface area contributed by atoms with Crippen molar-refractivity contribution in [2.24, 2.45) is 0 Å². The van der Waals surface area contributed by atoms with Crippen molar-refractivity contribution in [1.29, 1.82) is 0 Å². The number of nitrogens with two attached hydrogens (primary N) is 1. The molecule has 0 aliphatic carbocycles. The first-order valence-corrected chi connectivity index (χ1v) is 4.79. The van der Waals surface area contributed by atoms with Gasteiger partial charge < -0.3 is 14.9 Å². The van der Waals surface area contributed by atoms with Gasteiger partial charge in [0.2, 0.25) is 0 Å². The number of benzene rings is 1. The first-order chi connectivity index (χ1) is 7.34. The molecule has 0 spiro atoms. The van der Waals surface area contributed by atoms with E-state index in [-0.39, 0.29) is 0 Å². The molecule has 0 bridgehead atoms. The Bertz CT molecular complexity index is 392. The second-order valence-corrected chi connectivity index (χ2v) is 3.31. The Morgan fingerprint density at radius 2 is 1.87 bits per heavy atom. The van der Waals surface area contributed by atoms with E-state index < -0.39 is 0 Å². The van der Waals surface area contributed by atoms with Gasteiger partial charge in [0.25, 0.3) is 0 Å². The van der Waals surface area contributed by atoms with E-state index in [0.29, 0.717) is 13.2 Å². The van der Waals surface area contributed by atoms with Gasteiger partial charge in [0.1, 0.15) is 12.4 Å². The van der Waals surface area contributed by atoms with Crippen LogP contribution in [0, 0.1) is 0 Å². The molecule has 0 radical (unpaired) electrons. The Kier molecular flexibility index (Phi) is 3.05. The quantitative estimate of drug-likeness (QED) is 0.777. The zero-order valence-corrected chi connectivity index (χ0v) is 8.35. The molecule has 0 amide bonds. The summed E-state index contributed by atoms with van der Waals surface area (Å²) >= 11 is 0. The van der Waals surface area contributed by atoms with E-state index >= 15 is 0 Å². The lowest BCUT2D eigenvalue weighted by molar-refractivity contribution is 0.0929. The van der Waals surface area contributed by atoms with Crippen LogP contribution in [-0.2, 0) is 18.0 Å². The summed E-state index contributed by atoms with van der Waals surface area (Å²) in [7, 11) is 0. The Morgan fingerprint density at radius 1 is 1.07 bits per heavy atom. The molecule has 0 atom stereocenters. The molecule has 1 aromatic carbocycles. The maximum absolute atomic E-state index is 5.58. The molecule has 2 aromatic rings. The predicted octanol–water partition coefficient (Wildman–Crippen LogP) is 2.58. The molecule has 3 heteroatoms. The minimum absolute atomic E-state index is 0.497. The van der Waals surface area contributed by atoms with Gasteiger partial charge in [0.15, 0.2) is 0 Å². The number of anilines is 1. The SMILES string of the molecule is Nc1ccc(COCc2ccco2)cc1. The van der Waals surface area contributed by atoms with E-state index in [1.54, 1.807) is 6.26 Å². The highest BCUT2D eigenvalue weighted by molar-refractivity contribution is 5.39. The molecule has 3 nitrogen and oxygen atoms in total. The Labute approximate surface area is 88.5 Å². The van der Waals surface area contributed by atoms with Crippen LogP contribution in [0.3, 0.4) is 0 Å². The van der Waals surface area contributed by atoms with Gasteiger partial charge >= 0.3 is 0 Å². The van der Waals surface area contributed by atoms with E-state index in [4.69, 9.17) is 14.9 Å². The summed E-state index contributed by atoms with van der Waals surface area (Å²) in [5.74, 6) is 0.838. The van der Waals surface area contributed by atoms with Gasteiger partial charge in [-0.15, -0.1) is 0 Å². The normalized spacial score (nSPS) is 10.4. The molecule has 0 unspecified atom stereocenters. The molecule has 15 heavy (non-hydrogen) atoms. The molecule has 78 valence electrons. The number of rotatable bonds is 4. The maximum atomic E-state index is 5.58. The topological polar surface area (TPSA) is 48.4 Å². The fraction of sp³-hybridized carbons (Fsp3) is 0.167. The number of hydrogen-bond acceptors (Lipinski definition) is 3. The lowest BCUT2D eigenvalue weighted by atomic mass is 10.2. The second kappa shape index (κ2) is 4.66. The Morgan fingerprint density at radius 3 is 2.53 bits per heavy atom. The summed E-state index contributed by atoms with van der Waals surface area (Å²) in [6, 6.07) is 11.4. The van der Waals surface area contributed by atoms with Crippen LogP contribution in [0.1, 0.15) is 11.3 Å². The highest BCUT2D eigenvalue weighted by atomic mass is 16.5. The van der Waals surface area contributed by atoms with Crippen LogP contribution >= 0.6 is 0 Å². The molecule has 2 N–H and O–H groups in total. The molecule has 0 aliphatic rings. The van der Waals surface area contributed by atoms with Gasteiger partial charge in [-0.3, -0.25) is 0 Å². The molecular weight excluding hydrogens is 190 g/mol. The van der Waals surface area contributed by atoms with Gasteiger partial charge in [-0.2, -0.15) is 0 Å². The smallest absolute Gasteiger partial charge is 0.129 e. The zero-order chi connectivity index (χ0) is 10.5. The first-order valence-electron chi connectivity index (χ1n) is 4.79. The molecular formula is C12H13NO2. The van der Waals surface area contributed by atoms with Gasteiger partial charge in [-0.25, -0.2) is 0 Å². The predicted molar refractivity (Wildman–Crippen MR) is 58.1 cm³/mol. The summed E-state index contributed by atoms with van der Waals surface area (Å²) in [6.07, 6.45) is 1.64. The molecule has 0 fully saturated rings. The summed E-state index contributed by atoms with van der Waals surface area (Å²) < 4.78 is 10.6. The van der Waals surface area contributed by atoms with Crippen molar-refractivity contribution in [3.05, 3.63) is 54.0 Å². The molecule has 0 aliphatic heterocycles. The van der Waals surface area contributed by atoms with E-state index in [1.807, 2.05) is 36.4 Å². The second-order valence-electron chi connectivity index (χ2n) is 3.31. The monoisotopic (exact) mass is 203 g/mol. The van der Waals surface area contributed by atoms with Crippen molar-refractivity contribution in [2.75, 3.05) is 5.73 Å². The minimum atomic E-state index is 0.497. The van der Waals surface area contributed by atoms with Crippen LogP contribution < -0.4 is 5.73 Å². The maximum Gasteiger partial charge on any atom is 0.129 e. The number of nitrogen functional groups attached to an aromatic ring is 1. The van der Waals surface area contributed by atoms with Gasteiger partial charge in [0.05, 0.1) is 12.9 Å². The lowest BCUT2D eigenvalue weighted by Crippen LogP contribution is -1.93. The van der Waals surface area contributed by atoms with E-state index in [1.165, 1.54) is 0 Å². The Balaban J connectivity index is 1.81. The highest BCUT2D eigenvalue weighted by Crippen LogP contribution is 2.08. The summed E-state index contributed by atoms with van der Waals surface area (Å²) in [6.45, 7) is 1.07. The Hall–Kier alpha value is -1.74. The first kappa shape index (κ1) is 9.80. The van der Waals surface area contributed by atoms with Crippen molar-refractivity contribution in [3.63, 3.8) is 0 Å². The fourth-order valence-electron chi connectivity index (χ4n) is 1.28. The lowest BCUT2D eigenvalue weighted by Gasteiger charge is -2.02. The largest absolute Gasteiger partial charge is 0.467 e. The molecule has 2 rings (SSSR count). The van der Waals surface area contributed by atoms with Crippen molar-refractivity contribution in [2.45, 2.75) is 13.2 Å². The van der Waals surface area contributed by atoms with Crippen LogP contribution in [0.15, 0.2) is 47.1 Å². The third-order valence-corrected chi connectivity index (χ3v) is 2.07. The van der Waals surface area contributed by atoms with Crippen LogP contribution in [0.5, 0.6) is 0 Å². The van der Waals surface area contributed by atoms with E-state index in [0.717, 1.165) is 17.0 Å². The van der Waals surface area contributed by atoms with Crippen molar-refractivity contribution in [3.8, 4) is 0 Å².